The maximum atomic E-state index is 12.7. The predicted octanol–water partition coefficient (Wildman–Crippen LogP) is 3.86. The minimum atomic E-state index is -4.45. The van der Waals surface area contributed by atoms with Crippen LogP contribution >= 0.6 is 0 Å². The number of nitrogens with zero attached hydrogens (tertiary/aromatic N) is 4. The second kappa shape index (κ2) is 7.43. The number of nitriles is 1. The lowest BCUT2D eigenvalue weighted by Gasteiger charge is -2.38. The smallest absolute Gasteiger partial charge is 0.433 e. The van der Waals surface area contributed by atoms with Crippen molar-refractivity contribution in [1.82, 2.24) is 9.97 Å². The molecule has 1 aliphatic heterocycles. The monoisotopic (exact) mass is 376 g/mol. The SMILES string of the molecule is COc1ccncc1CC1(C#N)CCN(c2ccc(C(F)(F)F)nc2)CC1. The first-order valence-electron chi connectivity index (χ1n) is 8.53. The Bertz CT molecular complexity index is 822. The average Bonchev–Trinajstić information content (AvgIpc) is 2.68. The molecule has 5 nitrogen and oxygen atoms in total. The van der Waals surface area contributed by atoms with Crippen LogP contribution in [0.3, 0.4) is 0 Å². The van der Waals surface area contributed by atoms with Crippen LogP contribution in [-0.4, -0.2) is 30.2 Å². The van der Waals surface area contributed by atoms with Crippen LogP contribution < -0.4 is 9.64 Å². The summed E-state index contributed by atoms with van der Waals surface area (Å²) in [5.74, 6) is 0.703. The minimum Gasteiger partial charge on any atom is -0.496 e. The number of piperidine rings is 1. The van der Waals surface area contributed by atoms with Crippen LogP contribution in [0.15, 0.2) is 36.8 Å². The van der Waals surface area contributed by atoms with Crippen molar-refractivity contribution in [3.05, 3.63) is 48.0 Å². The Morgan fingerprint density at radius 3 is 2.52 bits per heavy atom. The molecule has 1 aliphatic rings. The van der Waals surface area contributed by atoms with Crippen molar-refractivity contribution in [2.45, 2.75) is 25.4 Å². The number of hydrogen-bond acceptors (Lipinski definition) is 5. The normalized spacial score (nSPS) is 16.6. The second-order valence-electron chi connectivity index (χ2n) is 6.64. The molecule has 27 heavy (non-hydrogen) atoms. The van der Waals surface area contributed by atoms with Gasteiger partial charge in [0.25, 0.3) is 0 Å². The van der Waals surface area contributed by atoms with Crippen molar-refractivity contribution >= 4 is 5.69 Å². The highest BCUT2D eigenvalue weighted by molar-refractivity contribution is 5.46. The quantitative estimate of drug-likeness (QED) is 0.811. The molecular weight excluding hydrogens is 357 g/mol. The van der Waals surface area contributed by atoms with Crippen LogP contribution in [0.5, 0.6) is 5.75 Å². The highest BCUT2D eigenvalue weighted by Crippen LogP contribution is 2.38. The summed E-state index contributed by atoms with van der Waals surface area (Å²) in [6.45, 7) is 1.15. The Balaban J connectivity index is 1.70. The molecular formula is C19H19F3N4O. The van der Waals surface area contributed by atoms with Gasteiger partial charge < -0.3 is 9.64 Å². The first-order chi connectivity index (χ1) is 12.9. The Morgan fingerprint density at radius 2 is 1.96 bits per heavy atom. The summed E-state index contributed by atoms with van der Waals surface area (Å²) in [7, 11) is 1.58. The van der Waals surface area contributed by atoms with Gasteiger partial charge in [-0.3, -0.25) is 4.98 Å². The highest BCUT2D eigenvalue weighted by Gasteiger charge is 2.36. The topological polar surface area (TPSA) is 62.0 Å². The van der Waals surface area contributed by atoms with Crippen molar-refractivity contribution in [3.8, 4) is 11.8 Å². The van der Waals surface area contributed by atoms with Gasteiger partial charge in [0.15, 0.2) is 0 Å². The van der Waals surface area contributed by atoms with Crippen molar-refractivity contribution in [1.29, 1.82) is 5.26 Å². The van der Waals surface area contributed by atoms with Crippen molar-refractivity contribution in [2.75, 3.05) is 25.1 Å². The van der Waals surface area contributed by atoms with Crippen LogP contribution in [0.25, 0.3) is 0 Å². The molecule has 0 spiro atoms. The number of hydrogen-bond donors (Lipinski definition) is 0. The van der Waals surface area contributed by atoms with Gasteiger partial charge in [0.2, 0.25) is 0 Å². The molecule has 1 fully saturated rings. The molecule has 0 saturated carbocycles. The van der Waals surface area contributed by atoms with E-state index in [2.05, 4.69) is 16.0 Å². The van der Waals surface area contributed by atoms with E-state index in [-0.39, 0.29) is 0 Å². The number of aromatic nitrogens is 2. The van der Waals surface area contributed by atoms with Crippen molar-refractivity contribution < 1.29 is 17.9 Å². The fourth-order valence-corrected chi connectivity index (χ4v) is 3.37. The number of halogens is 3. The van der Waals surface area contributed by atoms with Gasteiger partial charge in [-0.05, 0) is 37.5 Å². The molecule has 1 saturated heterocycles. The van der Waals surface area contributed by atoms with E-state index >= 15 is 0 Å². The Labute approximate surface area is 155 Å². The number of methoxy groups -OCH3 is 1. The number of pyridine rings is 2. The number of rotatable bonds is 4. The van der Waals surface area contributed by atoms with E-state index in [1.165, 1.54) is 12.3 Å². The summed E-state index contributed by atoms with van der Waals surface area (Å²) in [5, 5.41) is 9.78. The Kier molecular flexibility index (Phi) is 5.22. The lowest BCUT2D eigenvalue weighted by molar-refractivity contribution is -0.141. The number of anilines is 1. The number of ether oxygens (including phenoxy) is 1. The van der Waals surface area contributed by atoms with Crippen LogP contribution in [0.2, 0.25) is 0 Å². The van der Waals surface area contributed by atoms with Crippen LogP contribution in [0.4, 0.5) is 18.9 Å². The van der Waals surface area contributed by atoms with E-state index < -0.39 is 17.3 Å². The third-order valence-electron chi connectivity index (χ3n) is 4.97. The zero-order valence-electron chi connectivity index (χ0n) is 14.8. The zero-order chi connectivity index (χ0) is 19.5. The molecule has 0 unspecified atom stereocenters. The maximum Gasteiger partial charge on any atom is 0.433 e. The van der Waals surface area contributed by atoms with Gasteiger partial charge in [-0.2, -0.15) is 18.4 Å². The first kappa shape index (κ1) is 19.0. The molecule has 0 aromatic carbocycles. The molecule has 142 valence electrons. The van der Waals surface area contributed by atoms with Crippen LogP contribution in [-0.2, 0) is 12.6 Å². The van der Waals surface area contributed by atoms with Gasteiger partial charge in [-0.25, -0.2) is 4.98 Å². The second-order valence-corrected chi connectivity index (χ2v) is 6.64. The fourth-order valence-electron chi connectivity index (χ4n) is 3.37. The molecule has 0 N–H and O–H groups in total. The third-order valence-corrected chi connectivity index (χ3v) is 4.97. The Morgan fingerprint density at radius 1 is 1.22 bits per heavy atom. The molecule has 3 heterocycles. The molecule has 8 heteroatoms. The molecule has 0 amide bonds. The third kappa shape index (κ3) is 4.13. The molecule has 3 rings (SSSR count). The summed E-state index contributed by atoms with van der Waals surface area (Å²) in [4.78, 5) is 9.59. The molecule has 0 bridgehead atoms. The zero-order valence-corrected chi connectivity index (χ0v) is 14.8. The van der Waals surface area contributed by atoms with E-state index in [1.54, 1.807) is 25.6 Å². The van der Waals surface area contributed by atoms with E-state index in [9.17, 15) is 18.4 Å². The summed E-state index contributed by atoms with van der Waals surface area (Å²) in [6.07, 6.45) is 1.88. The molecule has 0 aliphatic carbocycles. The van der Waals surface area contributed by atoms with Crippen LogP contribution in [0.1, 0.15) is 24.1 Å². The maximum absolute atomic E-state index is 12.7. The lowest BCUT2D eigenvalue weighted by atomic mass is 9.75. The van der Waals surface area contributed by atoms with Gasteiger partial charge in [0.1, 0.15) is 11.4 Å². The lowest BCUT2D eigenvalue weighted by Crippen LogP contribution is -2.40. The van der Waals surface area contributed by atoms with E-state index in [0.29, 0.717) is 43.8 Å². The van der Waals surface area contributed by atoms with Crippen molar-refractivity contribution in [2.24, 2.45) is 5.41 Å². The average molecular weight is 376 g/mol. The van der Waals surface area contributed by atoms with E-state index in [4.69, 9.17) is 4.74 Å². The van der Waals surface area contributed by atoms with Gasteiger partial charge in [0, 0.05) is 31.0 Å². The number of alkyl halides is 3. The molecule has 2 aromatic rings. The summed E-state index contributed by atoms with van der Waals surface area (Å²) < 4.78 is 43.3. The first-order valence-corrected chi connectivity index (χ1v) is 8.53. The van der Waals surface area contributed by atoms with Crippen LogP contribution in [0, 0.1) is 16.7 Å². The molecule has 0 atom stereocenters. The summed E-state index contributed by atoms with van der Waals surface area (Å²) >= 11 is 0. The molecule has 2 aromatic heterocycles. The van der Waals surface area contributed by atoms with E-state index in [0.717, 1.165) is 11.6 Å². The standard InChI is InChI=1S/C19H19F3N4O/c1-27-16-4-7-24-11-14(16)10-18(13-23)5-8-26(9-6-18)15-2-3-17(25-12-15)19(20,21)22/h2-4,7,11-12H,5-6,8-10H2,1H3. The summed E-state index contributed by atoms with van der Waals surface area (Å²) in [6, 6.07) is 6.63. The van der Waals surface area contributed by atoms with E-state index in [1.807, 2.05) is 4.90 Å². The predicted molar refractivity (Wildman–Crippen MR) is 93.2 cm³/mol. The van der Waals surface area contributed by atoms with Gasteiger partial charge in [-0.15, -0.1) is 0 Å². The Hall–Kier alpha value is -2.82. The van der Waals surface area contributed by atoms with Gasteiger partial charge >= 0.3 is 6.18 Å². The highest BCUT2D eigenvalue weighted by atomic mass is 19.4. The minimum absolute atomic E-state index is 0.527. The molecule has 0 radical (unpaired) electrons. The van der Waals surface area contributed by atoms with Gasteiger partial charge in [-0.1, -0.05) is 0 Å². The van der Waals surface area contributed by atoms with Gasteiger partial charge in [0.05, 0.1) is 30.5 Å². The largest absolute Gasteiger partial charge is 0.496 e. The fraction of sp³-hybridized carbons (Fsp3) is 0.421. The van der Waals surface area contributed by atoms with Crippen molar-refractivity contribution in [3.63, 3.8) is 0 Å². The summed E-state index contributed by atoms with van der Waals surface area (Å²) in [5.41, 5.74) is 0.0598.